The molecule has 13 heavy (non-hydrogen) atoms. The van der Waals surface area contributed by atoms with Gasteiger partial charge in [-0.15, -0.1) is 0 Å². The quantitative estimate of drug-likeness (QED) is 0.706. The van der Waals surface area contributed by atoms with Gasteiger partial charge in [0, 0.05) is 18.0 Å². The average molecular weight is 214 g/mol. The van der Waals surface area contributed by atoms with Crippen LogP contribution in [0.5, 0.6) is 0 Å². The van der Waals surface area contributed by atoms with E-state index in [1.807, 2.05) is 7.05 Å². The number of likely N-dealkylation sites (tertiary alicyclic amines) is 1. The van der Waals surface area contributed by atoms with Crippen molar-refractivity contribution in [1.29, 1.82) is 0 Å². The van der Waals surface area contributed by atoms with Crippen molar-refractivity contribution in [2.24, 2.45) is 0 Å². The number of halogens is 3. The van der Waals surface area contributed by atoms with Crippen LogP contribution in [-0.4, -0.2) is 36.6 Å². The molecule has 0 aliphatic carbocycles. The van der Waals surface area contributed by atoms with Crippen molar-refractivity contribution in [2.75, 3.05) is 20.1 Å². The van der Waals surface area contributed by atoms with Crippen LogP contribution < -0.4 is 4.72 Å². The van der Waals surface area contributed by atoms with Crippen molar-refractivity contribution >= 4 is 11.9 Å². The Morgan fingerprint density at radius 2 is 1.85 bits per heavy atom. The lowest BCUT2D eigenvalue weighted by Crippen LogP contribution is -2.39. The van der Waals surface area contributed by atoms with E-state index in [4.69, 9.17) is 0 Å². The molecule has 0 aromatic carbocycles. The lowest BCUT2D eigenvalue weighted by molar-refractivity contribution is -0.0339. The van der Waals surface area contributed by atoms with Gasteiger partial charge in [-0.05, 0) is 33.0 Å². The topological polar surface area (TPSA) is 15.3 Å². The molecule has 1 saturated heterocycles. The summed E-state index contributed by atoms with van der Waals surface area (Å²) >= 11 is -0.127. The summed E-state index contributed by atoms with van der Waals surface area (Å²) in [5, 5.41) is 0. The second kappa shape index (κ2) is 4.52. The van der Waals surface area contributed by atoms with E-state index in [0.717, 1.165) is 25.9 Å². The Balaban J connectivity index is 2.16. The second-order valence-corrected chi connectivity index (χ2v) is 4.15. The van der Waals surface area contributed by atoms with Gasteiger partial charge < -0.3 is 4.90 Å². The number of piperidine rings is 1. The van der Waals surface area contributed by atoms with Crippen LogP contribution in [-0.2, 0) is 0 Å². The number of nitrogens with one attached hydrogen (secondary N) is 1. The zero-order valence-electron chi connectivity index (χ0n) is 7.40. The van der Waals surface area contributed by atoms with Gasteiger partial charge in [-0.1, -0.05) is 0 Å². The predicted molar refractivity (Wildman–Crippen MR) is 47.3 cm³/mol. The van der Waals surface area contributed by atoms with E-state index in [9.17, 15) is 13.2 Å². The van der Waals surface area contributed by atoms with E-state index < -0.39 is 5.51 Å². The molecule has 2 nitrogen and oxygen atoms in total. The molecule has 0 saturated carbocycles. The van der Waals surface area contributed by atoms with E-state index in [-0.39, 0.29) is 18.0 Å². The third-order valence-electron chi connectivity index (χ3n) is 2.06. The van der Waals surface area contributed by atoms with E-state index in [2.05, 4.69) is 9.62 Å². The van der Waals surface area contributed by atoms with Crippen LogP contribution in [0.2, 0.25) is 0 Å². The summed E-state index contributed by atoms with van der Waals surface area (Å²) in [7, 11) is 1.98. The van der Waals surface area contributed by atoms with E-state index >= 15 is 0 Å². The third kappa shape index (κ3) is 4.73. The molecule has 6 heteroatoms. The molecular formula is C7H13F3N2S. The molecule has 1 aliphatic heterocycles. The van der Waals surface area contributed by atoms with Gasteiger partial charge in [-0.3, -0.25) is 4.72 Å². The normalized spacial score (nSPS) is 22.2. The number of hydrogen-bond donors (Lipinski definition) is 1. The van der Waals surface area contributed by atoms with Crippen molar-refractivity contribution in [3.8, 4) is 0 Å². The minimum absolute atomic E-state index is 0.00262. The first-order chi connectivity index (χ1) is 5.97. The molecule has 0 atom stereocenters. The molecular weight excluding hydrogens is 201 g/mol. The molecule has 0 aromatic rings. The Morgan fingerprint density at radius 3 is 2.31 bits per heavy atom. The van der Waals surface area contributed by atoms with Crippen molar-refractivity contribution in [3.05, 3.63) is 0 Å². The van der Waals surface area contributed by atoms with Crippen molar-refractivity contribution in [1.82, 2.24) is 9.62 Å². The molecule has 1 rings (SSSR count). The van der Waals surface area contributed by atoms with Crippen LogP contribution in [0.3, 0.4) is 0 Å². The summed E-state index contributed by atoms with van der Waals surface area (Å²) < 4.78 is 37.8. The highest BCUT2D eigenvalue weighted by Gasteiger charge is 2.30. The van der Waals surface area contributed by atoms with Crippen LogP contribution in [0.4, 0.5) is 13.2 Å². The Kier molecular flexibility index (Phi) is 3.87. The Hall–Kier alpha value is 0.0600. The van der Waals surface area contributed by atoms with Crippen molar-refractivity contribution in [3.63, 3.8) is 0 Å². The van der Waals surface area contributed by atoms with Crippen molar-refractivity contribution < 1.29 is 13.2 Å². The molecule has 0 amide bonds. The minimum atomic E-state index is -4.16. The van der Waals surface area contributed by atoms with Gasteiger partial charge in [0.05, 0.1) is 0 Å². The highest BCUT2D eigenvalue weighted by atomic mass is 32.2. The molecule has 1 heterocycles. The maximum absolute atomic E-state index is 11.8. The zero-order valence-corrected chi connectivity index (χ0v) is 8.21. The third-order valence-corrected chi connectivity index (χ3v) is 2.74. The summed E-state index contributed by atoms with van der Waals surface area (Å²) in [6.45, 7) is 1.74. The standard InChI is InChI=1S/C7H13F3N2S/c1-12-4-2-6(3-5-12)11-13-7(8,9)10/h6,11H,2-5H2,1H3. The van der Waals surface area contributed by atoms with E-state index in [0.29, 0.717) is 0 Å². The van der Waals surface area contributed by atoms with Gasteiger partial charge in [0.15, 0.2) is 0 Å². The first-order valence-corrected chi connectivity index (χ1v) is 4.98. The van der Waals surface area contributed by atoms with Crippen LogP contribution >= 0.6 is 11.9 Å². The molecule has 1 fully saturated rings. The number of nitrogens with zero attached hydrogens (tertiary/aromatic N) is 1. The first-order valence-electron chi connectivity index (χ1n) is 4.16. The predicted octanol–water partition coefficient (Wildman–Crippen LogP) is 1.84. The maximum atomic E-state index is 11.8. The summed E-state index contributed by atoms with van der Waals surface area (Å²) in [5.41, 5.74) is -4.16. The minimum Gasteiger partial charge on any atom is -0.306 e. The van der Waals surface area contributed by atoms with Gasteiger partial charge in [0.1, 0.15) is 0 Å². The fourth-order valence-electron chi connectivity index (χ4n) is 1.28. The lowest BCUT2D eigenvalue weighted by Gasteiger charge is -2.29. The summed E-state index contributed by atoms with van der Waals surface area (Å²) in [6, 6.07) is 0.00262. The van der Waals surface area contributed by atoms with Crippen LogP contribution in [0.15, 0.2) is 0 Å². The Labute approximate surface area is 80.0 Å². The van der Waals surface area contributed by atoms with Crippen LogP contribution in [0.25, 0.3) is 0 Å². The average Bonchev–Trinajstić information content (AvgIpc) is 2.02. The smallest absolute Gasteiger partial charge is 0.306 e. The van der Waals surface area contributed by atoms with Gasteiger partial charge in [0.2, 0.25) is 0 Å². The molecule has 0 radical (unpaired) electrons. The first kappa shape index (κ1) is 11.1. The van der Waals surface area contributed by atoms with Gasteiger partial charge in [-0.2, -0.15) is 13.2 Å². The number of alkyl halides is 3. The number of rotatable bonds is 2. The second-order valence-electron chi connectivity index (χ2n) is 3.24. The van der Waals surface area contributed by atoms with Gasteiger partial charge >= 0.3 is 5.51 Å². The van der Waals surface area contributed by atoms with Gasteiger partial charge in [0.25, 0.3) is 0 Å². The Bertz CT molecular complexity index is 154. The summed E-state index contributed by atoms with van der Waals surface area (Å²) in [6.07, 6.45) is 1.58. The Morgan fingerprint density at radius 1 is 1.31 bits per heavy atom. The highest BCUT2D eigenvalue weighted by molar-refractivity contribution is 7.98. The molecule has 0 aromatic heterocycles. The zero-order chi connectivity index (χ0) is 9.90. The van der Waals surface area contributed by atoms with Crippen LogP contribution in [0, 0.1) is 0 Å². The summed E-state index contributed by atoms with van der Waals surface area (Å²) in [4.78, 5) is 2.12. The largest absolute Gasteiger partial charge is 0.456 e. The lowest BCUT2D eigenvalue weighted by atomic mass is 10.1. The van der Waals surface area contributed by atoms with Crippen molar-refractivity contribution in [2.45, 2.75) is 24.4 Å². The van der Waals surface area contributed by atoms with Crippen LogP contribution in [0.1, 0.15) is 12.8 Å². The molecule has 78 valence electrons. The van der Waals surface area contributed by atoms with Gasteiger partial charge in [-0.25, -0.2) is 0 Å². The van der Waals surface area contributed by atoms with E-state index in [1.54, 1.807) is 0 Å². The number of hydrogen-bond acceptors (Lipinski definition) is 3. The molecule has 1 aliphatic rings. The highest BCUT2D eigenvalue weighted by Crippen LogP contribution is 2.28. The fourth-order valence-corrected chi connectivity index (χ4v) is 1.81. The molecule has 0 unspecified atom stereocenters. The maximum Gasteiger partial charge on any atom is 0.456 e. The molecule has 0 spiro atoms. The molecule has 1 N–H and O–H groups in total. The monoisotopic (exact) mass is 214 g/mol. The summed E-state index contributed by atoms with van der Waals surface area (Å²) in [5.74, 6) is 0. The SMILES string of the molecule is CN1CCC(NSC(F)(F)F)CC1. The van der Waals surface area contributed by atoms with E-state index in [1.165, 1.54) is 0 Å². The molecule has 0 bridgehead atoms. The fraction of sp³-hybridized carbons (Fsp3) is 1.00.